The zero-order valence-corrected chi connectivity index (χ0v) is 14.4. The molecule has 0 aliphatic carbocycles. The molecule has 0 saturated heterocycles. The van der Waals surface area contributed by atoms with Crippen molar-refractivity contribution in [3.8, 4) is 5.75 Å². The van der Waals surface area contributed by atoms with E-state index in [1.54, 1.807) is 19.1 Å². The fraction of sp³-hybridized carbons (Fsp3) is 0.278. The quantitative estimate of drug-likeness (QED) is 0.744. The Kier molecular flexibility index (Phi) is 6.37. The maximum Gasteiger partial charge on any atom is 0.224 e. The summed E-state index contributed by atoms with van der Waals surface area (Å²) in [5.41, 5.74) is 0.582. The van der Waals surface area contributed by atoms with Crippen LogP contribution in [0.3, 0.4) is 0 Å². The molecule has 0 unspecified atom stereocenters. The van der Waals surface area contributed by atoms with Gasteiger partial charge in [0.2, 0.25) is 5.91 Å². The SMILES string of the molecule is CCS(=O)(=O)c1ccc(NC(=O)CCCOc2ccccc2)cc1. The predicted octanol–water partition coefficient (Wildman–Crippen LogP) is 3.28. The van der Waals surface area contributed by atoms with Gasteiger partial charge in [0.1, 0.15) is 5.75 Å². The molecule has 0 aromatic heterocycles. The molecule has 0 saturated carbocycles. The van der Waals surface area contributed by atoms with E-state index in [1.807, 2.05) is 30.3 Å². The maximum absolute atomic E-state index is 11.9. The van der Waals surface area contributed by atoms with Crippen molar-refractivity contribution in [3.63, 3.8) is 0 Å². The van der Waals surface area contributed by atoms with E-state index in [0.29, 0.717) is 25.1 Å². The van der Waals surface area contributed by atoms with Crippen LogP contribution in [0, 0.1) is 0 Å². The highest BCUT2D eigenvalue weighted by molar-refractivity contribution is 7.91. The zero-order chi connectivity index (χ0) is 17.4. The molecule has 1 N–H and O–H groups in total. The van der Waals surface area contributed by atoms with E-state index in [0.717, 1.165) is 5.75 Å². The van der Waals surface area contributed by atoms with Gasteiger partial charge in [-0.1, -0.05) is 25.1 Å². The van der Waals surface area contributed by atoms with Gasteiger partial charge in [0.15, 0.2) is 9.84 Å². The van der Waals surface area contributed by atoms with E-state index in [-0.39, 0.29) is 16.6 Å². The van der Waals surface area contributed by atoms with Gasteiger partial charge >= 0.3 is 0 Å². The molecule has 0 bridgehead atoms. The van der Waals surface area contributed by atoms with Crippen molar-refractivity contribution < 1.29 is 17.9 Å². The number of hydrogen-bond donors (Lipinski definition) is 1. The smallest absolute Gasteiger partial charge is 0.224 e. The van der Waals surface area contributed by atoms with Crippen molar-refractivity contribution in [1.82, 2.24) is 0 Å². The van der Waals surface area contributed by atoms with Crippen molar-refractivity contribution >= 4 is 21.4 Å². The van der Waals surface area contributed by atoms with Crippen molar-refractivity contribution in [1.29, 1.82) is 0 Å². The lowest BCUT2D eigenvalue weighted by atomic mass is 10.2. The molecule has 128 valence electrons. The third kappa shape index (κ3) is 5.38. The van der Waals surface area contributed by atoms with Gasteiger partial charge in [0, 0.05) is 12.1 Å². The van der Waals surface area contributed by atoms with Crippen LogP contribution < -0.4 is 10.1 Å². The standard InChI is InChI=1S/C18H21NO4S/c1-2-24(21,22)17-12-10-15(11-13-17)19-18(20)9-6-14-23-16-7-4-3-5-8-16/h3-5,7-8,10-13H,2,6,9,14H2,1H3,(H,19,20). The Labute approximate surface area is 142 Å². The highest BCUT2D eigenvalue weighted by Crippen LogP contribution is 2.15. The summed E-state index contributed by atoms with van der Waals surface area (Å²) < 4.78 is 29.0. The third-order valence-electron chi connectivity index (χ3n) is 3.44. The number of amides is 1. The van der Waals surface area contributed by atoms with Crippen molar-refractivity contribution in [2.24, 2.45) is 0 Å². The first-order chi connectivity index (χ1) is 11.5. The number of anilines is 1. The van der Waals surface area contributed by atoms with Crippen LogP contribution >= 0.6 is 0 Å². The molecule has 2 aromatic carbocycles. The molecule has 5 nitrogen and oxygen atoms in total. The Bertz CT molecular complexity index is 755. The van der Waals surface area contributed by atoms with Crippen molar-refractivity contribution in [2.45, 2.75) is 24.7 Å². The predicted molar refractivity (Wildman–Crippen MR) is 94.0 cm³/mol. The van der Waals surface area contributed by atoms with Crippen LogP contribution in [0.2, 0.25) is 0 Å². The molecule has 1 amide bonds. The average molecular weight is 347 g/mol. The van der Waals surface area contributed by atoms with Crippen LogP contribution in [0.4, 0.5) is 5.69 Å². The molecule has 0 aliphatic heterocycles. The van der Waals surface area contributed by atoms with E-state index in [2.05, 4.69) is 5.32 Å². The minimum atomic E-state index is -3.22. The summed E-state index contributed by atoms with van der Waals surface area (Å²) in [5, 5.41) is 2.75. The Morgan fingerprint density at radius 3 is 2.33 bits per heavy atom. The molecule has 0 radical (unpaired) electrons. The summed E-state index contributed by atoms with van der Waals surface area (Å²) in [4.78, 5) is 12.1. The number of nitrogens with one attached hydrogen (secondary N) is 1. The first kappa shape index (κ1) is 18.0. The summed E-state index contributed by atoms with van der Waals surface area (Å²) in [7, 11) is -3.22. The molecule has 2 aromatic rings. The van der Waals surface area contributed by atoms with Crippen molar-refractivity contribution in [2.75, 3.05) is 17.7 Å². The lowest BCUT2D eigenvalue weighted by Gasteiger charge is -2.08. The van der Waals surface area contributed by atoms with Gasteiger partial charge in [-0.15, -0.1) is 0 Å². The summed E-state index contributed by atoms with van der Waals surface area (Å²) in [6, 6.07) is 15.6. The number of benzene rings is 2. The number of carbonyl (C=O) groups is 1. The van der Waals surface area contributed by atoms with E-state index in [1.165, 1.54) is 12.1 Å². The maximum atomic E-state index is 11.9. The van der Waals surface area contributed by atoms with Crippen molar-refractivity contribution in [3.05, 3.63) is 54.6 Å². The second-order valence-corrected chi connectivity index (χ2v) is 7.52. The Morgan fingerprint density at radius 2 is 1.71 bits per heavy atom. The Balaban J connectivity index is 1.76. The number of hydrogen-bond acceptors (Lipinski definition) is 4. The van der Waals surface area contributed by atoms with E-state index < -0.39 is 9.84 Å². The number of ether oxygens (including phenoxy) is 1. The highest BCUT2D eigenvalue weighted by Gasteiger charge is 2.11. The average Bonchev–Trinajstić information content (AvgIpc) is 2.60. The Hall–Kier alpha value is -2.34. The van der Waals surface area contributed by atoms with Gasteiger partial charge in [-0.2, -0.15) is 0 Å². The molecular formula is C18H21NO4S. The van der Waals surface area contributed by atoms with Crippen LogP contribution in [0.1, 0.15) is 19.8 Å². The van der Waals surface area contributed by atoms with Gasteiger partial charge in [-0.3, -0.25) is 4.79 Å². The zero-order valence-electron chi connectivity index (χ0n) is 13.6. The minimum absolute atomic E-state index is 0.0557. The minimum Gasteiger partial charge on any atom is -0.494 e. The molecule has 0 atom stereocenters. The van der Waals surface area contributed by atoms with Crippen LogP contribution in [0.25, 0.3) is 0 Å². The van der Waals surface area contributed by atoms with Gasteiger partial charge in [-0.05, 0) is 42.8 Å². The van der Waals surface area contributed by atoms with Gasteiger partial charge in [0.25, 0.3) is 0 Å². The fourth-order valence-corrected chi connectivity index (χ4v) is 2.96. The molecule has 0 aliphatic rings. The summed E-state index contributed by atoms with van der Waals surface area (Å²) >= 11 is 0. The van der Waals surface area contributed by atoms with Crippen LogP contribution in [0.5, 0.6) is 5.75 Å². The molecule has 24 heavy (non-hydrogen) atoms. The summed E-state index contributed by atoms with van der Waals surface area (Å²) in [6.45, 7) is 2.06. The molecule has 0 spiro atoms. The van der Waals surface area contributed by atoms with Crippen LogP contribution in [-0.2, 0) is 14.6 Å². The third-order valence-corrected chi connectivity index (χ3v) is 5.19. The summed E-state index contributed by atoms with van der Waals surface area (Å²) in [5.74, 6) is 0.712. The second kappa shape index (κ2) is 8.49. The monoisotopic (exact) mass is 347 g/mol. The van der Waals surface area contributed by atoms with Gasteiger partial charge in [0.05, 0.1) is 17.3 Å². The van der Waals surface area contributed by atoms with E-state index >= 15 is 0 Å². The number of sulfone groups is 1. The number of carbonyl (C=O) groups excluding carboxylic acids is 1. The fourth-order valence-electron chi connectivity index (χ4n) is 2.08. The second-order valence-electron chi connectivity index (χ2n) is 5.24. The molecule has 2 rings (SSSR count). The molecular weight excluding hydrogens is 326 g/mol. The van der Waals surface area contributed by atoms with E-state index in [4.69, 9.17) is 4.74 Å². The lowest BCUT2D eigenvalue weighted by molar-refractivity contribution is -0.116. The number of para-hydroxylation sites is 1. The van der Waals surface area contributed by atoms with Gasteiger partial charge < -0.3 is 10.1 Å². The highest BCUT2D eigenvalue weighted by atomic mass is 32.2. The topological polar surface area (TPSA) is 72.5 Å². The largest absolute Gasteiger partial charge is 0.494 e. The van der Waals surface area contributed by atoms with E-state index in [9.17, 15) is 13.2 Å². The van der Waals surface area contributed by atoms with Gasteiger partial charge in [-0.25, -0.2) is 8.42 Å². The lowest BCUT2D eigenvalue weighted by Crippen LogP contribution is -2.13. The first-order valence-electron chi connectivity index (χ1n) is 7.82. The van der Waals surface area contributed by atoms with Crippen LogP contribution in [0.15, 0.2) is 59.5 Å². The molecule has 0 heterocycles. The number of rotatable bonds is 8. The van der Waals surface area contributed by atoms with Crippen LogP contribution in [-0.4, -0.2) is 26.7 Å². The molecule has 6 heteroatoms. The Morgan fingerprint density at radius 1 is 1.04 bits per heavy atom. The summed E-state index contributed by atoms with van der Waals surface area (Å²) in [6.07, 6.45) is 0.935. The normalized spacial score (nSPS) is 11.0. The molecule has 0 fully saturated rings. The first-order valence-corrected chi connectivity index (χ1v) is 9.47.